The van der Waals surface area contributed by atoms with Crippen molar-refractivity contribution in [2.45, 2.75) is 45.7 Å². The molecule has 3 aromatic rings. The molecule has 1 heterocycles. The highest BCUT2D eigenvalue weighted by Crippen LogP contribution is 2.58. The van der Waals surface area contributed by atoms with E-state index in [1.807, 2.05) is 13.8 Å². The molecule has 5 nitrogen and oxygen atoms in total. The van der Waals surface area contributed by atoms with Crippen molar-refractivity contribution in [3.63, 3.8) is 0 Å². The third-order valence-corrected chi connectivity index (χ3v) is 9.26. The second-order valence-electron chi connectivity index (χ2n) is 11.8. The van der Waals surface area contributed by atoms with E-state index in [1.165, 1.54) is 12.1 Å². The second-order valence-corrected chi connectivity index (χ2v) is 11.8. The first-order valence-corrected chi connectivity index (χ1v) is 14.1. The number of nitrogens with one attached hydrogen (secondary N) is 1. The molecule has 3 aliphatic carbocycles. The summed E-state index contributed by atoms with van der Waals surface area (Å²) in [5.41, 5.74) is 5.29. The first kappa shape index (κ1) is 28.1. The first-order valence-electron chi connectivity index (χ1n) is 14.1. The summed E-state index contributed by atoms with van der Waals surface area (Å²) in [6, 6.07) is 12.9. The molecule has 0 bridgehead atoms. The molecule has 0 aliphatic heterocycles. The number of alkyl halides is 3. The number of carbonyl (C=O) groups is 2. The molecule has 9 heteroatoms. The summed E-state index contributed by atoms with van der Waals surface area (Å²) in [6.07, 6.45) is 2.12. The lowest BCUT2D eigenvalue weighted by molar-refractivity contribution is -0.197. The average Bonchev–Trinajstić information content (AvgIpc) is 3.36. The van der Waals surface area contributed by atoms with E-state index in [2.05, 4.69) is 16.5 Å². The van der Waals surface area contributed by atoms with Crippen LogP contribution < -0.4 is 5.32 Å². The number of allylic oxidation sites excluding steroid dienone is 3. The third-order valence-electron chi connectivity index (χ3n) is 9.26. The predicted octanol–water partition coefficient (Wildman–Crippen LogP) is 6.80. The van der Waals surface area contributed by atoms with E-state index < -0.39 is 35.3 Å². The van der Waals surface area contributed by atoms with Gasteiger partial charge in [0.25, 0.3) is 0 Å². The summed E-state index contributed by atoms with van der Waals surface area (Å²) in [7, 11) is 0. The molecule has 0 unspecified atom stereocenters. The zero-order valence-corrected chi connectivity index (χ0v) is 23.3. The lowest BCUT2D eigenvalue weighted by Gasteiger charge is -2.50. The molecule has 218 valence electrons. The summed E-state index contributed by atoms with van der Waals surface area (Å²) < 4.78 is 58.2. The average molecular weight is 578 g/mol. The van der Waals surface area contributed by atoms with Crippen LogP contribution in [0.3, 0.4) is 0 Å². The Balaban J connectivity index is 1.28. The van der Waals surface area contributed by atoms with Crippen molar-refractivity contribution in [3.8, 4) is 5.69 Å². The van der Waals surface area contributed by atoms with E-state index in [1.54, 1.807) is 53.4 Å². The lowest BCUT2D eigenvalue weighted by atomic mass is 9.54. The number of aryl methyl sites for hydroxylation is 1. The largest absolute Gasteiger partial charge is 0.392 e. The highest BCUT2D eigenvalue weighted by Gasteiger charge is 2.56. The standard InChI is InChI=1S/C33H31F4N3O2/c1-19-3-5-20(6-4-19)29(41)18-38-31(42)30-25-12-7-22-15-28-21(17-39-40(28)24-10-8-23(34)9-11-24)16-32(22,2)26(25)13-14-27(30)33(35,36)37/h3-6,8-11,13,15,17,25,27,30H,7,12,14,16,18H2,1-2H3,(H,38,42)/t25-,27+,30+,32-/m0/s1. The Hall–Kier alpha value is -4.01. The van der Waals surface area contributed by atoms with E-state index in [0.717, 1.165) is 28.0 Å². The van der Waals surface area contributed by atoms with Crippen LogP contribution in [0.15, 0.2) is 72.0 Å². The van der Waals surface area contributed by atoms with Crippen LogP contribution in [0.2, 0.25) is 0 Å². The molecule has 2 aromatic carbocycles. The van der Waals surface area contributed by atoms with Gasteiger partial charge >= 0.3 is 6.18 Å². The number of benzene rings is 2. The molecule has 4 atom stereocenters. The Kier molecular flexibility index (Phi) is 6.94. The number of aromatic nitrogens is 2. The smallest absolute Gasteiger partial charge is 0.348 e. The Bertz CT molecular complexity index is 1600. The molecule has 0 radical (unpaired) electrons. The first-order chi connectivity index (χ1) is 20.0. The predicted molar refractivity (Wildman–Crippen MR) is 150 cm³/mol. The molecule has 0 spiro atoms. The quantitative estimate of drug-likeness (QED) is 0.206. The molecule has 1 aromatic heterocycles. The summed E-state index contributed by atoms with van der Waals surface area (Å²) in [5.74, 6) is -5.17. The highest BCUT2D eigenvalue weighted by molar-refractivity contribution is 5.99. The van der Waals surface area contributed by atoms with Gasteiger partial charge in [-0.2, -0.15) is 18.3 Å². The van der Waals surface area contributed by atoms with Crippen LogP contribution in [0.25, 0.3) is 11.8 Å². The molecule has 3 aliphatic rings. The van der Waals surface area contributed by atoms with E-state index in [0.29, 0.717) is 30.5 Å². The Morgan fingerprint density at radius 1 is 1.10 bits per heavy atom. The van der Waals surface area contributed by atoms with Gasteiger partial charge in [-0.1, -0.05) is 54.0 Å². The fraction of sp³-hybridized carbons (Fsp3) is 0.364. The number of hydrogen-bond donors (Lipinski definition) is 1. The molecular weight excluding hydrogens is 546 g/mol. The molecule has 42 heavy (non-hydrogen) atoms. The van der Waals surface area contributed by atoms with Crippen LogP contribution in [-0.2, 0) is 11.2 Å². The topological polar surface area (TPSA) is 64.0 Å². The van der Waals surface area contributed by atoms with Crippen LogP contribution in [0, 0.1) is 35.9 Å². The summed E-state index contributed by atoms with van der Waals surface area (Å²) in [6.45, 7) is 3.57. The maximum absolute atomic E-state index is 14.3. The van der Waals surface area contributed by atoms with Crippen LogP contribution in [0.1, 0.15) is 53.4 Å². The Morgan fingerprint density at radius 3 is 2.50 bits per heavy atom. The number of nitrogens with zero attached hydrogens (tertiary/aromatic N) is 2. The van der Waals surface area contributed by atoms with Crippen LogP contribution in [0.4, 0.5) is 17.6 Å². The number of ketones is 1. The van der Waals surface area contributed by atoms with Gasteiger partial charge in [-0.3, -0.25) is 9.59 Å². The number of amides is 1. The molecule has 6 rings (SSSR count). The number of rotatable bonds is 5. The van der Waals surface area contributed by atoms with E-state index >= 15 is 0 Å². The van der Waals surface area contributed by atoms with Gasteiger partial charge in [0.1, 0.15) is 5.82 Å². The van der Waals surface area contributed by atoms with Gasteiger partial charge in [-0.15, -0.1) is 0 Å². The zero-order valence-electron chi connectivity index (χ0n) is 23.3. The molecule has 1 saturated carbocycles. The minimum atomic E-state index is -4.56. The van der Waals surface area contributed by atoms with E-state index in [9.17, 15) is 27.2 Å². The number of Topliss-reactive ketones (excluding diaryl/α,β-unsaturated/α-hetero) is 1. The molecule has 1 N–H and O–H groups in total. The monoisotopic (exact) mass is 577 g/mol. The van der Waals surface area contributed by atoms with Gasteiger partial charge in [0.05, 0.1) is 36.0 Å². The maximum atomic E-state index is 14.3. The van der Waals surface area contributed by atoms with Gasteiger partial charge in [0.2, 0.25) is 5.91 Å². The SMILES string of the molecule is Cc1ccc(C(=O)CNC(=O)[C@H]2[C@H](C(F)(F)F)CC=C3[C@@H]2CCC2=Cc4c(cnn4-c4ccc(F)cc4)C[C@@]23C)cc1. The number of fused-ring (bicyclic) bond motifs is 4. The van der Waals surface area contributed by atoms with Gasteiger partial charge < -0.3 is 5.32 Å². The fourth-order valence-corrected chi connectivity index (χ4v) is 7.06. The van der Waals surface area contributed by atoms with E-state index in [-0.39, 0.29) is 24.6 Å². The van der Waals surface area contributed by atoms with Gasteiger partial charge in [-0.05, 0) is 74.4 Å². The Morgan fingerprint density at radius 2 is 1.81 bits per heavy atom. The van der Waals surface area contributed by atoms with E-state index in [4.69, 9.17) is 0 Å². The van der Waals surface area contributed by atoms with Crippen LogP contribution in [-0.4, -0.2) is 34.2 Å². The van der Waals surface area contributed by atoms with Crippen molar-refractivity contribution in [1.29, 1.82) is 0 Å². The number of carbonyl (C=O) groups excluding carboxylic acids is 2. The van der Waals surface area contributed by atoms with Crippen molar-refractivity contribution in [3.05, 3.63) is 100 Å². The fourth-order valence-electron chi connectivity index (χ4n) is 7.06. The summed E-state index contributed by atoms with van der Waals surface area (Å²) >= 11 is 0. The van der Waals surface area contributed by atoms with Gasteiger partial charge in [0, 0.05) is 11.0 Å². The van der Waals surface area contributed by atoms with Crippen molar-refractivity contribution >= 4 is 17.8 Å². The zero-order chi connectivity index (χ0) is 29.8. The lowest BCUT2D eigenvalue weighted by Crippen LogP contribution is -2.51. The van der Waals surface area contributed by atoms with Crippen molar-refractivity contribution in [1.82, 2.24) is 15.1 Å². The second kappa shape index (κ2) is 10.4. The minimum absolute atomic E-state index is 0.288. The van der Waals surface area contributed by atoms with Crippen LogP contribution in [0.5, 0.6) is 0 Å². The molecule has 0 saturated heterocycles. The number of halogens is 4. The summed E-state index contributed by atoms with van der Waals surface area (Å²) in [4.78, 5) is 26.2. The third kappa shape index (κ3) is 4.88. The molecular formula is C33H31F4N3O2. The Labute approximate surface area is 241 Å². The van der Waals surface area contributed by atoms with Crippen molar-refractivity contribution < 1.29 is 27.2 Å². The maximum Gasteiger partial charge on any atom is 0.392 e. The van der Waals surface area contributed by atoms with Crippen molar-refractivity contribution in [2.24, 2.45) is 23.2 Å². The molecule has 1 fully saturated rings. The normalized spacial score (nSPS) is 25.0. The van der Waals surface area contributed by atoms with Gasteiger partial charge in [0.15, 0.2) is 5.78 Å². The van der Waals surface area contributed by atoms with Gasteiger partial charge in [-0.25, -0.2) is 9.07 Å². The molecule has 1 amide bonds. The minimum Gasteiger partial charge on any atom is -0.348 e. The van der Waals surface area contributed by atoms with Crippen LogP contribution >= 0.6 is 0 Å². The highest BCUT2D eigenvalue weighted by atomic mass is 19.4. The van der Waals surface area contributed by atoms with Crippen molar-refractivity contribution in [2.75, 3.05) is 6.54 Å². The number of hydrogen-bond acceptors (Lipinski definition) is 3. The summed E-state index contributed by atoms with van der Waals surface area (Å²) in [5, 5.41) is 7.09.